The molecule has 0 radical (unpaired) electrons. The topological polar surface area (TPSA) is 0 Å². The van der Waals surface area contributed by atoms with Crippen LogP contribution in [-0.4, -0.2) is 0 Å². The van der Waals surface area contributed by atoms with Crippen LogP contribution in [0.25, 0.3) is 0 Å². The highest BCUT2D eigenvalue weighted by Gasteiger charge is 2.16. The standard InChI is InChI=1S/C20H23Br/c1-15-6-5-9-19(14-15)20(21)18-12-10-17(11-13-18)16-7-3-2-4-8-16/h5-6,9-14,16,20H,2-4,7-8H2,1H3. The van der Waals surface area contributed by atoms with Crippen molar-refractivity contribution in [2.24, 2.45) is 0 Å². The zero-order chi connectivity index (χ0) is 14.7. The molecule has 1 saturated carbocycles. The minimum atomic E-state index is 0.290. The van der Waals surface area contributed by atoms with Crippen molar-refractivity contribution in [3.8, 4) is 0 Å². The number of aryl methyl sites for hydroxylation is 1. The zero-order valence-electron chi connectivity index (χ0n) is 12.7. The molecule has 3 rings (SSSR count). The molecule has 1 unspecified atom stereocenters. The molecule has 110 valence electrons. The predicted molar refractivity (Wildman–Crippen MR) is 94.2 cm³/mol. The quantitative estimate of drug-likeness (QED) is 0.556. The molecule has 1 aliphatic carbocycles. The third kappa shape index (κ3) is 3.58. The van der Waals surface area contributed by atoms with Crippen molar-refractivity contribution in [1.29, 1.82) is 0 Å². The maximum Gasteiger partial charge on any atom is 0.0644 e. The van der Waals surface area contributed by atoms with E-state index in [1.807, 2.05) is 0 Å². The van der Waals surface area contributed by atoms with E-state index in [4.69, 9.17) is 0 Å². The van der Waals surface area contributed by atoms with Crippen LogP contribution in [-0.2, 0) is 0 Å². The van der Waals surface area contributed by atoms with E-state index in [2.05, 4.69) is 71.4 Å². The molecule has 0 nitrogen and oxygen atoms in total. The number of alkyl halides is 1. The Bertz CT molecular complexity index is 579. The van der Waals surface area contributed by atoms with Crippen molar-refractivity contribution in [3.05, 3.63) is 70.8 Å². The van der Waals surface area contributed by atoms with Crippen LogP contribution >= 0.6 is 15.9 Å². The number of halogens is 1. The number of rotatable bonds is 3. The Labute approximate surface area is 136 Å². The van der Waals surface area contributed by atoms with Crippen molar-refractivity contribution in [3.63, 3.8) is 0 Å². The number of hydrogen-bond donors (Lipinski definition) is 0. The Morgan fingerprint density at radius 2 is 1.62 bits per heavy atom. The molecular weight excluding hydrogens is 320 g/mol. The first kappa shape index (κ1) is 14.8. The minimum Gasteiger partial charge on any atom is -0.0786 e. The van der Waals surface area contributed by atoms with E-state index in [9.17, 15) is 0 Å². The summed E-state index contributed by atoms with van der Waals surface area (Å²) in [5.41, 5.74) is 5.53. The molecule has 1 atom stereocenters. The monoisotopic (exact) mass is 342 g/mol. The summed E-state index contributed by atoms with van der Waals surface area (Å²) in [6.07, 6.45) is 6.96. The highest BCUT2D eigenvalue weighted by Crippen LogP contribution is 2.35. The van der Waals surface area contributed by atoms with E-state index in [1.54, 1.807) is 0 Å². The molecule has 2 aromatic carbocycles. The Balaban J connectivity index is 1.77. The average molecular weight is 343 g/mol. The summed E-state index contributed by atoms with van der Waals surface area (Å²) in [5, 5.41) is 0. The molecule has 1 heteroatoms. The molecule has 1 aliphatic rings. The van der Waals surface area contributed by atoms with Crippen molar-refractivity contribution < 1.29 is 0 Å². The van der Waals surface area contributed by atoms with Crippen LogP contribution in [0.3, 0.4) is 0 Å². The summed E-state index contributed by atoms with van der Waals surface area (Å²) in [4.78, 5) is 0.290. The van der Waals surface area contributed by atoms with Gasteiger partial charge in [-0.1, -0.05) is 89.3 Å². The average Bonchev–Trinajstić information content (AvgIpc) is 2.55. The molecule has 2 aromatic rings. The first-order chi connectivity index (χ1) is 10.2. The smallest absolute Gasteiger partial charge is 0.0644 e. The van der Waals surface area contributed by atoms with E-state index in [0.717, 1.165) is 5.92 Å². The van der Waals surface area contributed by atoms with Gasteiger partial charge in [-0.25, -0.2) is 0 Å². The van der Waals surface area contributed by atoms with Crippen LogP contribution in [0.4, 0.5) is 0 Å². The molecule has 0 amide bonds. The van der Waals surface area contributed by atoms with Crippen LogP contribution in [0.1, 0.15) is 65.1 Å². The molecule has 0 aliphatic heterocycles. The van der Waals surface area contributed by atoms with Crippen LogP contribution in [0.2, 0.25) is 0 Å². The SMILES string of the molecule is Cc1cccc(C(Br)c2ccc(C3CCCCC3)cc2)c1. The van der Waals surface area contributed by atoms with Crippen LogP contribution in [0, 0.1) is 6.92 Å². The zero-order valence-corrected chi connectivity index (χ0v) is 14.3. The Morgan fingerprint density at radius 3 is 2.29 bits per heavy atom. The van der Waals surface area contributed by atoms with E-state index in [1.165, 1.54) is 54.4 Å². The third-order valence-electron chi connectivity index (χ3n) is 4.64. The molecule has 21 heavy (non-hydrogen) atoms. The molecule has 0 heterocycles. The lowest BCUT2D eigenvalue weighted by Crippen LogP contribution is -2.04. The molecule has 0 saturated heterocycles. The van der Waals surface area contributed by atoms with Gasteiger partial charge in [0.1, 0.15) is 0 Å². The van der Waals surface area contributed by atoms with Crippen LogP contribution < -0.4 is 0 Å². The summed E-state index contributed by atoms with van der Waals surface area (Å²) >= 11 is 3.85. The highest BCUT2D eigenvalue weighted by molar-refractivity contribution is 9.09. The molecular formula is C20H23Br. The van der Waals surface area contributed by atoms with Gasteiger partial charge in [-0.2, -0.15) is 0 Å². The van der Waals surface area contributed by atoms with Gasteiger partial charge in [-0.3, -0.25) is 0 Å². The van der Waals surface area contributed by atoms with Crippen molar-refractivity contribution in [2.75, 3.05) is 0 Å². The summed E-state index contributed by atoms with van der Waals surface area (Å²) in [7, 11) is 0. The van der Waals surface area contributed by atoms with E-state index < -0.39 is 0 Å². The van der Waals surface area contributed by atoms with E-state index >= 15 is 0 Å². The lowest BCUT2D eigenvalue weighted by molar-refractivity contribution is 0.443. The van der Waals surface area contributed by atoms with Crippen LogP contribution in [0.5, 0.6) is 0 Å². The fraction of sp³-hybridized carbons (Fsp3) is 0.400. The highest BCUT2D eigenvalue weighted by atomic mass is 79.9. The molecule has 0 aromatic heterocycles. The first-order valence-corrected chi connectivity index (χ1v) is 8.96. The van der Waals surface area contributed by atoms with Gasteiger partial charge in [-0.15, -0.1) is 0 Å². The van der Waals surface area contributed by atoms with Gasteiger partial charge in [-0.05, 0) is 42.4 Å². The third-order valence-corrected chi connectivity index (χ3v) is 5.70. The lowest BCUT2D eigenvalue weighted by atomic mass is 9.84. The fourth-order valence-corrected chi connectivity index (χ4v) is 3.98. The van der Waals surface area contributed by atoms with Gasteiger partial charge in [0.05, 0.1) is 4.83 Å². The molecule has 0 N–H and O–H groups in total. The van der Waals surface area contributed by atoms with Crippen molar-refractivity contribution >= 4 is 15.9 Å². The fourth-order valence-electron chi connectivity index (χ4n) is 3.39. The molecule has 0 bridgehead atoms. The number of benzene rings is 2. The van der Waals surface area contributed by atoms with Gasteiger partial charge >= 0.3 is 0 Å². The normalized spacial score (nSPS) is 17.6. The predicted octanol–water partition coefficient (Wildman–Crippen LogP) is 6.53. The van der Waals surface area contributed by atoms with Crippen molar-refractivity contribution in [2.45, 2.75) is 49.8 Å². The Hall–Kier alpha value is -1.08. The van der Waals surface area contributed by atoms with Crippen LogP contribution in [0.15, 0.2) is 48.5 Å². The second-order valence-electron chi connectivity index (χ2n) is 6.28. The van der Waals surface area contributed by atoms with Gasteiger partial charge in [0.25, 0.3) is 0 Å². The van der Waals surface area contributed by atoms with Gasteiger partial charge < -0.3 is 0 Å². The van der Waals surface area contributed by atoms with Gasteiger partial charge in [0.2, 0.25) is 0 Å². The molecule has 1 fully saturated rings. The second-order valence-corrected chi connectivity index (χ2v) is 7.19. The number of hydrogen-bond acceptors (Lipinski definition) is 0. The van der Waals surface area contributed by atoms with Gasteiger partial charge in [0.15, 0.2) is 0 Å². The maximum absolute atomic E-state index is 3.85. The largest absolute Gasteiger partial charge is 0.0786 e. The van der Waals surface area contributed by atoms with Gasteiger partial charge in [0, 0.05) is 0 Å². The minimum absolute atomic E-state index is 0.290. The maximum atomic E-state index is 3.85. The summed E-state index contributed by atoms with van der Waals surface area (Å²) < 4.78 is 0. The van der Waals surface area contributed by atoms with Crippen molar-refractivity contribution in [1.82, 2.24) is 0 Å². The van der Waals surface area contributed by atoms with E-state index in [0.29, 0.717) is 0 Å². The first-order valence-electron chi connectivity index (χ1n) is 8.04. The summed E-state index contributed by atoms with van der Waals surface area (Å²) in [5.74, 6) is 0.792. The second kappa shape index (κ2) is 6.79. The summed E-state index contributed by atoms with van der Waals surface area (Å²) in [6, 6.07) is 18.0. The molecule has 0 spiro atoms. The summed E-state index contributed by atoms with van der Waals surface area (Å²) in [6.45, 7) is 2.15. The lowest BCUT2D eigenvalue weighted by Gasteiger charge is -2.22. The Morgan fingerprint density at radius 1 is 0.905 bits per heavy atom. The Kier molecular flexibility index (Phi) is 4.80. The van der Waals surface area contributed by atoms with E-state index in [-0.39, 0.29) is 4.83 Å².